The van der Waals surface area contributed by atoms with Crippen LogP contribution in [0.25, 0.3) is 11.0 Å². The number of amides is 1. The third-order valence-corrected chi connectivity index (χ3v) is 7.86. The van der Waals surface area contributed by atoms with E-state index in [2.05, 4.69) is 82.1 Å². The van der Waals surface area contributed by atoms with Gasteiger partial charge < -0.3 is 10.2 Å². The molecule has 4 rings (SSSR count). The first-order chi connectivity index (χ1) is 17.6. The van der Waals surface area contributed by atoms with Crippen molar-refractivity contribution in [2.45, 2.75) is 85.6 Å². The maximum atomic E-state index is 12.6. The second-order valence-corrected chi connectivity index (χ2v) is 11.8. The summed E-state index contributed by atoms with van der Waals surface area (Å²) in [5.74, 6) is 0.924. The van der Waals surface area contributed by atoms with Gasteiger partial charge in [0, 0.05) is 24.0 Å². The van der Waals surface area contributed by atoms with E-state index >= 15 is 0 Å². The van der Waals surface area contributed by atoms with Crippen molar-refractivity contribution in [3.8, 4) is 0 Å². The number of benzene rings is 1. The molecule has 0 unspecified atom stereocenters. The van der Waals surface area contributed by atoms with E-state index in [0.29, 0.717) is 12.8 Å². The van der Waals surface area contributed by atoms with Crippen LogP contribution in [0.2, 0.25) is 0 Å². The maximum absolute atomic E-state index is 12.6. The average Bonchev–Trinajstić information content (AvgIpc) is 3.20. The SMILES string of the molecule is Cc1nc2c(c(C)nn2C(C)(C)C)c(C)c1CCC(=O)NCCCN1CCC(Cc2ccccc2)CC1. The Hall–Kier alpha value is -2.73. The van der Waals surface area contributed by atoms with Crippen LogP contribution in [-0.2, 0) is 23.2 Å². The Morgan fingerprint density at radius 2 is 1.76 bits per heavy atom. The molecule has 0 aliphatic carbocycles. The summed E-state index contributed by atoms with van der Waals surface area (Å²) < 4.78 is 2.03. The number of hydrogen-bond acceptors (Lipinski definition) is 4. The minimum atomic E-state index is -0.127. The van der Waals surface area contributed by atoms with Crippen LogP contribution in [-0.4, -0.2) is 51.8 Å². The van der Waals surface area contributed by atoms with Gasteiger partial charge in [-0.3, -0.25) is 4.79 Å². The standard InChI is InChI=1S/C31H45N5O/c1-22-27(23(2)33-30-29(22)24(3)34-36(30)31(4,5)6)13-14-28(37)32-17-10-18-35-19-15-26(16-20-35)21-25-11-8-7-9-12-25/h7-9,11-12,26H,10,13-21H2,1-6H3,(H,32,37). The van der Waals surface area contributed by atoms with Gasteiger partial charge >= 0.3 is 0 Å². The summed E-state index contributed by atoms with van der Waals surface area (Å²) in [5, 5.41) is 9.05. The normalized spacial score (nSPS) is 15.4. The molecule has 1 aliphatic rings. The largest absolute Gasteiger partial charge is 0.356 e. The van der Waals surface area contributed by atoms with Gasteiger partial charge in [0.2, 0.25) is 5.91 Å². The first-order valence-electron chi connectivity index (χ1n) is 14.0. The zero-order valence-corrected chi connectivity index (χ0v) is 23.7. The summed E-state index contributed by atoms with van der Waals surface area (Å²) in [6.07, 6.45) is 5.95. The third kappa shape index (κ3) is 6.78. The lowest BCUT2D eigenvalue weighted by molar-refractivity contribution is -0.121. The fraction of sp³-hybridized carbons (Fsp3) is 0.581. The number of aryl methyl sites for hydroxylation is 3. The van der Waals surface area contributed by atoms with Gasteiger partial charge in [0.1, 0.15) is 0 Å². The fourth-order valence-corrected chi connectivity index (χ4v) is 5.76. The van der Waals surface area contributed by atoms with Gasteiger partial charge in [0.25, 0.3) is 0 Å². The van der Waals surface area contributed by atoms with Crippen LogP contribution in [0.5, 0.6) is 0 Å². The summed E-state index contributed by atoms with van der Waals surface area (Å²) in [5.41, 5.74) is 6.66. The molecule has 200 valence electrons. The number of rotatable bonds is 9. The van der Waals surface area contributed by atoms with E-state index in [0.717, 1.165) is 47.8 Å². The Morgan fingerprint density at radius 3 is 2.43 bits per heavy atom. The molecule has 0 radical (unpaired) electrons. The molecule has 6 nitrogen and oxygen atoms in total. The van der Waals surface area contributed by atoms with Gasteiger partial charge in [-0.25, -0.2) is 9.67 Å². The highest BCUT2D eigenvalue weighted by Gasteiger charge is 2.23. The smallest absolute Gasteiger partial charge is 0.220 e. The predicted molar refractivity (Wildman–Crippen MR) is 152 cm³/mol. The Morgan fingerprint density at radius 1 is 1.05 bits per heavy atom. The second kappa shape index (κ2) is 11.8. The summed E-state index contributed by atoms with van der Waals surface area (Å²) in [4.78, 5) is 20.1. The highest BCUT2D eigenvalue weighted by atomic mass is 16.1. The van der Waals surface area contributed by atoms with E-state index < -0.39 is 0 Å². The van der Waals surface area contributed by atoms with Crippen LogP contribution in [0.1, 0.15) is 74.5 Å². The molecule has 2 aromatic heterocycles. The minimum Gasteiger partial charge on any atom is -0.356 e. The Balaban J connectivity index is 1.20. The number of pyridine rings is 1. The Bertz CT molecular complexity index is 1200. The molecule has 1 aromatic carbocycles. The van der Waals surface area contributed by atoms with Crippen molar-refractivity contribution in [2.24, 2.45) is 5.92 Å². The molecule has 3 aromatic rings. The molecule has 37 heavy (non-hydrogen) atoms. The Labute approximate surface area is 222 Å². The van der Waals surface area contributed by atoms with Crippen molar-refractivity contribution < 1.29 is 4.79 Å². The molecule has 0 bridgehead atoms. The van der Waals surface area contributed by atoms with Gasteiger partial charge in [-0.1, -0.05) is 30.3 Å². The molecule has 0 saturated carbocycles. The van der Waals surface area contributed by atoms with E-state index in [9.17, 15) is 4.79 Å². The van der Waals surface area contributed by atoms with Crippen LogP contribution in [0.15, 0.2) is 30.3 Å². The lowest BCUT2D eigenvalue weighted by Crippen LogP contribution is -2.36. The number of piperidine rings is 1. The van der Waals surface area contributed by atoms with E-state index in [-0.39, 0.29) is 11.4 Å². The van der Waals surface area contributed by atoms with Crippen molar-refractivity contribution in [1.29, 1.82) is 0 Å². The van der Waals surface area contributed by atoms with E-state index in [1.807, 2.05) is 4.68 Å². The Kier molecular flexibility index (Phi) is 8.68. The number of carbonyl (C=O) groups is 1. The molecule has 0 spiro atoms. The lowest BCUT2D eigenvalue weighted by Gasteiger charge is -2.32. The second-order valence-electron chi connectivity index (χ2n) is 11.8. The minimum absolute atomic E-state index is 0.127. The zero-order valence-electron chi connectivity index (χ0n) is 23.7. The van der Waals surface area contributed by atoms with Crippen molar-refractivity contribution in [2.75, 3.05) is 26.2 Å². The van der Waals surface area contributed by atoms with Crippen LogP contribution < -0.4 is 5.32 Å². The molecule has 1 fully saturated rings. The molecule has 1 amide bonds. The molecular weight excluding hydrogens is 458 g/mol. The quantitative estimate of drug-likeness (QED) is 0.391. The van der Waals surface area contributed by atoms with Crippen molar-refractivity contribution in [3.05, 3.63) is 58.4 Å². The van der Waals surface area contributed by atoms with Crippen LogP contribution in [0, 0.1) is 26.7 Å². The number of hydrogen-bond donors (Lipinski definition) is 1. The topological polar surface area (TPSA) is 63.1 Å². The van der Waals surface area contributed by atoms with Gasteiger partial charge in [-0.05, 0) is 116 Å². The highest BCUT2D eigenvalue weighted by Crippen LogP contribution is 2.29. The van der Waals surface area contributed by atoms with Crippen LogP contribution >= 0.6 is 0 Å². The van der Waals surface area contributed by atoms with Gasteiger partial charge in [0.05, 0.1) is 11.2 Å². The first kappa shape index (κ1) is 27.3. The van der Waals surface area contributed by atoms with Crippen molar-refractivity contribution in [1.82, 2.24) is 25.0 Å². The molecule has 3 heterocycles. The summed E-state index contributed by atoms with van der Waals surface area (Å²) in [6.45, 7) is 16.9. The molecule has 0 atom stereocenters. The number of fused-ring (bicyclic) bond motifs is 1. The average molecular weight is 504 g/mol. The van der Waals surface area contributed by atoms with E-state index in [1.54, 1.807) is 0 Å². The predicted octanol–water partition coefficient (Wildman–Crippen LogP) is 5.51. The van der Waals surface area contributed by atoms with Crippen LogP contribution in [0.4, 0.5) is 0 Å². The van der Waals surface area contributed by atoms with E-state index in [1.165, 1.54) is 49.0 Å². The van der Waals surface area contributed by atoms with Crippen molar-refractivity contribution in [3.63, 3.8) is 0 Å². The molecule has 6 heteroatoms. The summed E-state index contributed by atoms with van der Waals surface area (Å²) in [6, 6.07) is 10.9. The molecule has 1 N–H and O–H groups in total. The number of aromatic nitrogens is 3. The highest BCUT2D eigenvalue weighted by molar-refractivity contribution is 5.84. The van der Waals surface area contributed by atoms with Gasteiger partial charge in [-0.15, -0.1) is 0 Å². The van der Waals surface area contributed by atoms with E-state index in [4.69, 9.17) is 10.1 Å². The molecular formula is C31H45N5O. The summed E-state index contributed by atoms with van der Waals surface area (Å²) >= 11 is 0. The van der Waals surface area contributed by atoms with Crippen molar-refractivity contribution >= 4 is 16.9 Å². The zero-order chi connectivity index (χ0) is 26.6. The monoisotopic (exact) mass is 503 g/mol. The maximum Gasteiger partial charge on any atom is 0.220 e. The lowest BCUT2D eigenvalue weighted by atomic mass is 9.90. The third-order valence-electron chi connectivity index (χ3n) is 7.86. The number of likely N-dealkylation sites (tertiary alicyclic amines) is 1. The number of nitrogens with one attached hydrogen (secondary N) is 1. The number of carbonyl (C=O) groups excluding carboxylic acids is 1. The van der Waals surface area contributed by atoms with Gasteiger partial charge in [0.15, 0.2) is 5.65 Å². The first-order valence-corrected chi connectivity index (χ1v) is 14.0. The summed E-state index contributed by atoms with van der Waals surface area (Å²) in [7, 11) is 0. The molecule has 1 saturated heterocycles. The fourth-order valence-electron chi connectivity index (χ4n) is 5.76. The van der Waals surface area contributed by atoms with Crippen LogP contribution in [0.3, 0.4) is 0 Å². The van der Waals surface area contributed by atoms with Gasteiger partial charge in [-0.2, -0.15) is 5.10 Å². The molecule has 1 aliphatic heterocycles. The number of nitrogens with zero attached hydrogens (tertiary/aromatic N) is 4.